The van der Waals surface area contributed by atoms with Crippen LogP contribution in [0.5, 0.6) is 0 Å². The number of hydrogen-bond donors (Lipinski definition) is 0. The van der Waals surface area contributed by atoms with Gasteiger partial charge in [0.1, 0.15) is 0 Å². The van der Waals surface area contributed by atoms with Gasteiger partial charge in [-0.2, -0.15) is 23.5 Å². The second kappa shape index (κ2) is 2.88. The van der Waals surface area contributed by atoms with Crippen molar-refractivity contribution >= 4 is 23.5 Å². The van der Waals surface area contributed by atoms with Gasteiger partial charge in [0.05, 0.1) is 0 Å². The summed E-state index contributed by atoms with van der Waals surface area (Å²) in [6.45, 7) is 0. The first kappa shape index (κ1) is 5.83. The van der Waals surface area contributed by atoms with Crippen molar-refractivity contribution in [3.8, 4) is 0 Å². The monoisotopic (exact) mass is 134 g/mol. The Hall–Kier alpha value is 0.700. The Morgan fingerprint density at radius 1 is 1.71 bits per heavy atom. The van der Waals surface area contributed by atoms with Crippen molar-refractivity contribution < 1.29 is 0 Å². The summed E-state index contributed by atoms with van der Waals surface area (Å²) in [5.74, 6) is 2.78. The van der Waals surface area contributed by atoms with Crippen LogP contribution in [0.15, 0.2) is 0 Å². The van der Waals surface area contributed by atoms with Crippen molar-refractivity contribution in [2.75, 3.05) is 17.8 Å². The van der Waals surface area contributed by atoms with E-state index in [1.807, 2.05) is 11.8 Å². The van der Waals surface area contributed by atoms with Crippen molar-refractivity contribution in [1.82, 2.24) is 0 Å². The molecular formula is C5H10S2. The third-order valence-corrected chi connectivity index (χ3v) is 3.66. The molecule has 0 N–H and O–H groups in total. The molecule has 0 bridgehead atoms. The standard InChI is InChI=1S/C5H10S2/c1-6-5-2-3-7-4-5/h5H,2-4H2,1H3. The zero-order valence-electron chi connectivity index (χ0n) is 4.52. The van der Waals surface area contributed by atoms with E-state index in [1.54, 1.807) is 0 Å². The van der Waals surface area contributed by atoms with Gasteiger partial charge in [0, 0.05) is 11.0 Å². The molecule has 1 aliphatic rings. The predicted octanol–water partition coefficient (Wildman–Crippen LogP) is 1.85. The van der Waals surface area contributed by atoms with E-state index in [1.165, 1.54) is 17.9 Å². The van der Waals surface area contributed by atoms with E-state index in [9.17, 15) is 0 Å². The summed E-state index contributed by atoms with van der Waals surface area (Å²) in [7, 11) is 0. The Balaban J connectivity index is 2.14. The first-order valence-corrected chi connectivity index (χ1v) is 4.98. The molecule has 0 spiro atoms. The minimum Gasteiger partial charge on any atom is -0.161 e. The number of thioether (sulfide) groups is 2. The molecule has 0 nitrogen and oxygen atoms in total. The molecule has 1 fully saturated rings. The normalized spacial score (nSPS) is 31.3. The molecular weight excluding hydrogens is 124 g/mol. The molecule has 1 atom stereocenters. The molecule has 1 unspecified atom stereocenters. The van der Waals surface area contributed by atoms with Gasteiger partial charge < -0.3 is 0 Å². The van der Waals surface area contributed by atoms with Crippen LogP contribution in [0.4, 0.5) is 0 Å². The summed E-state index contributed by atoms with van der Waals surface area (Å²) in [6, 6.07) is 0. The second-order valence-corrected chi connectivity index (χ2v) is 4.01. The third-order valence-electron chi connectivity index (χ3n) is 1.22. The highest BCUT2D eigenvalue weighted by atomic mass is 32.2. The van der Waals surface area contributed by atoms with E-state index in [-0.39, 0.29) is 0 Å². The lowest BCUT2D eigenvalue weighted by Gasteiger charge is -1.98. The van der Waals surface area contributed by atoms with Gasteiger partial charge in [-0.05, 0) is 18.4 Å². The average Bonchev–Trinajstić information content (AvgIpc) is 2.14. The Bertz CT molecular complexity index is 48.0. The van der Waals surface area contributed by atoms with Crippen molar-refractivity contribution in [1.29, 1.82) is 0 Å². The molecule has 1 rings (SSSR count). The summed E-state index contributed by atoms with van der Waals surface area (Å²) in [5, 5.41) is 0.977. The fourth-order valence-corrected chi connectivity index (χ4v) is 3.08. The molecule has 0 radical (unpaired) electrons. The largest absolute Gasteiger partial charge is 0.161 e. The zero-order chi connectivity index (χ0) is 5.11. The van der Waals surface area contributed by atoms with Crippen LogP contribution in [0.25, 0.3) is 0 Å². The van der Waals surface area contributed by atoms with Crippen LogP contribution in [0.3, 0.4) is 0 Å². The van der Waals surface area contributed by atoms with Crippen molar-refractivity contribution in [2.45, 2.75) is 11.7 Å². The highest BCUT2D eigenvalue weighted by molar-refractivity contribution is 8.03. The number of rotatable bonds is 1. The fourth-order valence-electron chi connectivity index (χ4n) is 0.699. The topological polar surface area (TPSA) is 0 Å². The van der Waals surface area contributed by atoms with Crippen LogP contribution in [0.1, 0.15) is 6.42 Å². The van der Waals surface area contributed by atoms with Gasteiger partial charge in [0.2, 0.25) is 0 Å². The molecule has 1 heterocycles. The molecule has 0 aromatic rings. The van der Waals surface area contributed by atoms with Gasteiger partial charge in [-0.15, -0.1) is 0 Å². The summed E-state index contributed by atoms with van der Waals surface area (Å²) >= 11 is 4.10. The first-order valence-electron chi connectivity index (χ1n) is 2.54. The first-order chi connectivity index (χ1) is 3.43. The van der Waals surface area contributed by atoms with Crippen LogP contribution in [-0.2, 0) is 0 Å². The molecule has 0 aliphatic carbocycles. The van der Waals surface area contributed by atoms with E-state index in [2.05, 4.69) is 18.0 Å². The quantitative estimate of drug-likeness (QED) is 0.537. The summed E-state index contributed by atoms with van der Waals surface area (Å²) < 4.78 is 0. The van der Waals surface area contributed by atoms with E-state index >= 15 is 0 Å². The summed E-state index contributed by atoms with van der Waals surface area (Å²) in [5.41, 5.74) is 0. The Kier molecular flexibility index (Phi) is 2.40. The van der Waals surface area contributed by atoms with Gasteiger partial charge >= 0.3 is 0 Å². The van der Waals surface area contributed by atoms with Crippen molar-refractivity contribution in [2.24, 2.45) is 0 Å². The van der Waals surface area contributed by atoms with Crippen molar-refractivity contribution in [3.63, 3.8) is 0 Å². The van der Waals surface area contributed by atoms with Crippen molar-refractivity contribution in [3.05, 3.63) is 0 Å². The van der Waals surface area contributed by atoms with E-state index in [0.29, 0.717) is 0 Å². The lowest BCUT2D eigenvalue weighted by atomic mass is 10.4. The van der Waals surface area contributed by atoms with Gasteiger partial charge in [-0.3, -0.25) is 0 Å². The van der Waals surface area contributed by atoms with Crippen LogP contribution in [0.2, 0.25) is 0 Å². The second-order valence-electron chi connectivity index (χ2n) is 1.72. The van der Waals surface area contributed by atoms with Crippen LogP contribution >= 0.6 is 23.5 Å². The smallest absolute Gasteiger partial charge is 0.0143 e. The van der Waals surface area contributed by atoms with E-state index < -0.39 is 0 Å². The lowest BCUT2D eigenvalue weighted by molar-refractivity contribution is 0.973. The highest BCUT2D eigenvalue weighted by Gasteiger charge is 2.12. The van der Waals surface area contributed by atoms with E-state index in [0.717, 1.165) is 5.25 Å². The Labute approximate surface area is 53.4 Å². The van der Waals surface area contributed by atoms with Gasteiger partial charge in [0.25, 0.3) is 0 Å². The maximum absolute atomic E-state index is 2.20. The lowest BCUT2D eigenvalue weighted by Crippen LogP contribution is -1.95. The highest BCUT2D eigenvalue weighted by Crippen LogP contribution is 2.25. The summed E-state index contributed by atoms with van der Waals surface area (Å²) in [6.07, 6.45) is 3.64. The molecule has 0 aromatic carbocycles. The maximum Gasteiger partial charge on any atom is 0.0143 e. The molecule has 42 valence electrons. The molecule has 7 heavy (non-hydrogen) atoms. The molecule has 2 heteroatoms. The van der Waals surface area contributed by atoms with Crippen LogP contribution in [-0.4, -0.2) is 23.0 Å². The average molecular weight is 134 g/mol. The Morgan fingerprint density at radius 2 is 2.57 bits per heavy atom. The molecule has 1 aliphatic heterocycles. The maximum atomic E-state index is 2.20. The minimum absolute atomic E-state index is 0.977. The molecule has 0 aromatic heterocycles. The Morgan fingerprint density at radius 3 is 2.86 bits per heavy atom. The summed E-state index contributed by atoms with van der Waals surface area (Å²) in [4.78, 5) is 0. The van der Waals surface area contributed by atoms with Crippen LogP contribution < -0.4 is 0 Å². The third kappa shape index (κ3) is 1.57. The zero-order valence-corrected chi connectivity index (χ0v) is 6.15. The molecule has 0 amide bonds. The fraction of sp³-hybridized carbons (Fsp3) is 1.00. The minimum atomic E-state index is 0.977. The van der Waals surface area contributed by atoms with Gasteiger partial charge in [0.15, 0.2) is 0 Å². The SMILES string of the molecule is CSC1CCSC1. The van der Waals surface area contributed by atoms with Gasteiger partial charge in [-0.1, -0.05) is 0 Å². The predicted molar refractivity (Wildman–Crippen MR) is 39.2 cm³/mol. The molecule has 1 saturated heterocycles. The molecule has 0 saturated carbocycles. The number of hydrogen-bond acceptors (Lipinski definition) is 2. The van der Waals surface area contributed by atoms with Gasteiger partial charge in [-0.25, -0.2) is 0 Å². The van der Waals surface area contributed by atoms with Crippen LogP contribution in [0, 0.1) is 0 Å². The van der Waals surface area contributed by atoms with E-state index in [4.69, 9.17) is 0 Å².